The first kappa shape index (κ1) is 22.0. The second kappa shape index (κ2) is 10.4. The van der Waals surface area contributed by atoms with Gasteiger partial charge in [0, 0.05) is 17.9 Å². The van der Waals surface area contributed by atoms with Gasteiger partial charge >= 0.3 is 0 Å². The van der Waals surface area contributed by atoms with Crippen LogP contribution in [0.1, 0.15) is 45.7 Å². The van der Waals surface area contributed by atoms with Gasteiger partial charge in [0.1, 0.15) is 6.10 Å². The molecule has 4 rings (SSSR count). The average molecular weight is 432 g/mol. The van der Waals surface area contributed by atoms with Gasteiger partial charge in [-0.05, 0) is 55.2 Å². The van der Waals surface area contributed by atoms with Crippen LogP contribution in [0.3, 0.4) is 0 Å². The van der Waals surface area contributed by atoms with Crippen molar-refractivity contribution in [2.45, 2.75) is 52.3 Å². The monoisotopic (exact) mass is 431 g/mol. The van der Waals surface area contributed by atoms with Gasteiger partial charge in [-0.3, -0.25) is 0 Å². The van der Waals surface area contributed by atoms with Crippen molar-refractivity contribution in [3.63, 3.8) is 0 Å². The van der Waals surface area contributed by atoms with E-state index in [2.05, 4.69) is 93.6 Å². The SMILES string of the molecule is CC(C)[C@@H]1CC[C@@H](C)C[C@H]1Oc1cccc(CP(c2ccccc2)c2ccccc2)n1. The maximum absolute atomic E-state index is 6.53. The summed E-state index contributed by atoms with van der Waals surface area (Å²) in [4.78, 5) is 4.97. The van der Waals surface area contributed by atoms with Crippen LogP contribution in [0.15, 0.2) is 78.9 Å². The molecular weight excluding hydrogens is 397 g/mol. The van der Waals surface area contributed by atoms with Crippen molar-refractivity contribution in [3.8, 4) is 5.88 Å². The van der Waals surface area contributed by atoms with Gasteiger partial charge < -0.3 is 4.74 Å². The Morgan fingerprint density at radius 3 is 2.13 bits per heavy atom. The van der Waals surface area contributed by atoms with Gasteiger partial charge in [-0.15, -0.1) is 0 Å². The van der Waals surface area contributed by atoms with Crippen molar-refractivity contribution in [2.75, 3.05) is 0 Å². The minimum atomic E-state index is -0.503. The lowest BCUT2D eigenvalue weighted by atomic mass is 9.75. The predicted molar refractivity (Wildman–Crippen MR) is 133 cm³/mol. The van der Waals surface area contributed by atoms with Crippen LogP contribution < -0.4 is 15.3 Å². The maximum Gasteiger partial charge on any atom is 0.213 e. The van der Waals surface area contributed by atoms with Crippen molar-refractivity contribution < 1.29 is 4.74 Å². The molecule has 0 radical (unpaired) electrons. The number of hydrogen-bond acceptors (Lipinski definition) is 2. The Hall–Kier alpha value is -2.18. The molecule has 2 aromatic carbocycles. The molecule has 1 fully saturated rings. The van der Waals surface area contributed by atoms with Crippen LogP contribution in [-0.4, -0.2) is 11.1 Å². The van der Waals surface area contributed by atoms with Gasteiger partial charge in [-0.1, -0.05) is 93.9 Å². The van der Waals surface area contributed by atoms with Crippen molar-refractivity contribution in [1.29, 1.82) is 0 Å². The van der Waals surface area contributed by atoms with Gasteiger partial charge in [0.15, 0.2) is 0 Å². The number of rotatable bonds is 7. The van der Waals surface area contributed by atoms with E-state index in [1.807, 2.05) is 6.07 Å². The molecule has 1 aliphatic carbocycles. The van der Waals surface area contributed by atoms with Crippen LogP contribution in [0.5, 0.6) is 5.88 Å². The molecule has 1 aromatic heterocycles. The zero-order valence-corrected chi connectivity index (χ0v) is 19.8. The summed E-state index contributed by atoms with van der Waals surface area (Å²) in [6.45, 7) is 7.01. The van der Waals surface area contributed by atoms with Crippen molar-refractivity contribution in [1.82, 2.24) is 4.98 Å². The number of hydrogen-bond donors (Lipinski definition) is 0. The average Bonchev–Trinajstić information content (AvgIpc) is 2.79. The van der Waals surface area contributed by atoms with E-state index in [1.54, 1.807) is 0 Å². The molecule has 1 aliphatic rings. The molecule has 0 amide bonds. The number of ether oxygens (including phenoxy) is 1. The van der Waals surface area contributed by atoms with Gasteiger partial charge in [-0.25, -0.2) is 4.98 Å². The quantitative estimate of drug-likeness (QED) is 0.396. The molecular formula is C28H34NOP. The van der Waals surface area contributed by atoms with E-state index in [0.717, 1.165) is 30.1 Å². The fraction of sp³-hybridized carbons (Fsp3) is 0.393. The Bertz CT molecular complexity index is 904. The fourth-order valence-electron chi connectivity index (χ4n) is 4.73. The third-order valence-corrected chi connectivity index (χ3v) is 8.95. The third kappa shape index (κ3) is 5.74. The summed E-state index contributed by atoms with van der Waals surface area (Å²) in [6, 6.07) is 28.0. The lowest BCUT2D eigenvalue weighted by Crippen LogP contribution is -2.36. The highest BCUT2D eigenvalue weighted by Crippen LogP contribution is 2.38. The third-order valence-electron chi connectivity index (χ3n) is 6.47. The van der Waals surface area contributed by atoms with E-state index in [9.17, 15) is 0 Å². The molecule has 0 aliphatic heterocycles. The highest BCUT2D eigenvalue weighted by molar-refractivity contribution is 7.72. The molecule has 31 heavy (non-hydrogen) atoms. The van der Waals surface area contributed by atoms with Gasteiger partial charge in [0.05, 0.1) is 0 Å². The van der Waals surface area contributed by atoms with E-state index in [4.69, 9.17) is 9.72 Å². The van der Waals surface area contributed by atoms with Crippen LogP contribution in [0, 0.1) is 17.8 Å². The predicted octanol–water partition coefficient (Wildman–Crippen LogP) is 6.55. The number of benzene rings is 2. The standard InChI is InChI=1S/C28H34NOP/c1-21(2)26-18-17-22(3)19-27(26)30-28-16-10-11-23(29-28)20-31(24-12-6-4-7-13-24)25-14-8-5-9-15-25/h4-16,21-22,26-27H,17-20H2,1-3H3/t22-,26+,27-/m1/s1. The molecule has 0 unspecified atom stereocenters. The van der Waals surface area contributed by atoms with Crippen LogP contribution in [0.25, 0.3) is 0 Å². The second-order valence-corrected chi connectivity index (χ2v) is 11.4. The molecule has 3 aromatic rings. The molecule has 3 heteroatoms. The Morgan fingerprint density at radius 1 is 0.871 bits per heavy atom. The molecule has 0 saturated heterocycles. The highest BCUT2D eigenvalue weighted by Gasteiger charge is 2.32. The van der Waals surface area contributed by atoms with Gasteiger partial charge in [-0.2, -0.15) is 0 Å². The number of nitrogens with zero attached hydrogens (tertiary/aromatic N) is 1. The van der Waals surface area contributed by atoms with E-state index >= 15 is 0 Å². The Labute approximate surface area is 188 Å². The van der Waals surface area contributed by atoms with Crippen LogP contribution in [0.4, 0.5) is 0 Å². The van der Waals surface area contributed by atoms with E-state index < -0.39 is 7.92 Å². The zero-order chi connectivity index (χ0) is 21.6. The Balaban J connectivity index is 1.55. The van der Waals surface area contributed by atoms with Gasteiger partial charge in [0.25, 0.3) is 0 Å². The lowest BCUT2D eigenvalue weighted by molar-refractivity contribution is 0.0425. The lowest BCUT2D eigenvalue weighted by Gasteiger charge is -2.37. The molecule has 2 nitrogen and oxygen atoms in total. The molecule has 162 valence electrons. The minimum absolute atomic E-state index is 0.274. The summed E-state index contributed by atoms with van der Waals surface area (Å²) in [5.41, 5.74) is 1.11. The number of aromatic nitrogens is 1. The van der Waals surface area contributed by atoms with Crippen LogP contribution in [0.2, 0.25) is 0 Å². The summed E-state index contributed by atoms with van der Waals surface area (Å²) < 4.78 is 6.53. The van der Waals surface area contributed by atoms with Crippen LogP contribution in [-0.2, 0) is 6.16 Å². The summed E-state index contributed by atoms with van der Waals surface area (Å²) in [5, 5.41) is 2.77. The Kier molecular flexibility index (Phi) is 7.41. The first-order valence-corrected chi connectivity index (χ1v) is 13.1. The first-order chi connectivity index (χ1) is 15.1. The van der Waals surface area contributed by atoms with Gasteiger partial charge in [0.2, 0.25) is 5.88 Å². The maximum atomic E-state index is 6.53. The summed E-state index contributed by atoms with van der Waals surface area (Å²) >= 11 is 0. The fourth-order valence-corrected chi connectivity index (χ4v) is 6.95. The van der Waals surface area contributed by atoms with Crippen molar-refractivity contribution in [2.24, 2.45) is 17.8 Å². The smallest absolute Gasteiger partial charge is 0.213 e. The molecule has 1 heterocycles. The van der Waals surface area contributed by atoms with Crippen molar-refractivity contribution >= 4 is 18.5 Å². The second-order valence-electron chi connectivity index (χ2n) is 9.21. The Morgan fingerprint density at radius 2 is 1.52 bits per heavy atom. The molecule has 0 bridgehead atoms. The molecule has 0 N–H and O–H groups in total. The van der Waals surface area contributed by atoms with E-state index in [1.165, 1.54) is 23.5 Å². The molecule has 3 atom stereocenters. The van der Waals surface area contributed by atoms with E-state index in [0.29, 0.717) is 11.8 Å². The summed E-state index contributed by atoms with van der Waals surface area (Å²) in [5.74, 6) is 2.78. The zero-order valence-electron chi connectivity index (χ0n) is 18.9. The molecule has 0 spiro atoms. The summed E-state index contributed by atoms with van der Waals surface area (Å²) in [7, 11) is -0.503. The normalized spacial score (nSPS) is 21.4. The minimum Gasteiger partial charge on any atom is -0.474 e. The largest absolute Gasteiger partial charge is 0.474 e. The van der Waals surface area contributed by atoms with E-state index in [-0.39, 0.29) is 6.10 Å². The topological polar surface area (TPSA) is 22.1 Å². The molecule has 1 saturated carbocycles. The van der Waals surface area contributed by atoms with Crippen LogP contribution >= 0.6 is 7.92 Å². The first-order valence-electron chi connectivity index (χ1n) is 11.6. The van der Waals surface area contributed by atoms with Crippen molar-refractivity contribution in [3.05, 3.63) is 84.6 Å². The highest BCUT2D eigenvalue weighted by atomic mass is 31.1. The summed E-state index contributed by atoms with van der Waals surface area (Å²) in [6.07, 6.45) is 4.91. The number of pyridine rings is 1.